The Morgan fingerprint density at radius 3 is 2.67 bits per heavy atom. The standard InChI is InChI=1S/C12H14N2S/c1-9-14-12(8-15-9)11(13)7-10-5-3-2-4-6-10/h2-6,8,11H,7,13H2,1H3. The third-order valence-corrected chi connectivity index (χ3v) is 3.11. The Hall–Kier alpha value is -1.19. The van der Waals surface area contributed by atoms with E-state index in [0.29, 0.717) is 0 Å². The van der Waals surface area contributed by atoms with Crippen LogP contribution in [-0.4, -0.2) is 4.98 Å². The van der Waals surface area contributed by atoms with Crippen molar-refractivity contribution in [1.82, 2.24) is 4.98 Å². The maximum atomic E-state index is 6.08. The van der Waals surface area contributed by atoms with Crippen LogP contribution in [0.4, 0.5) is 0 Å². The third-order valence-electron chi connectivity index (χ3n) is 2.32. The summed E-state index contributed by atoms with van der Waals surface area (Å²) in [5.41, 5.74) is 8.35. The number of aryl methyl sites for hydroxylation is 1. The molecule has 1 aromatic heterocycles. The zero-order valence-corrected chi connectivity index (χ0v) is 9.50. The van der Waals surface area contributed by atoms with Crippen LogP contribution in [0, 0.1) is 6.92 Å². The van der Waals surface area contributed by atoms with Gasteiger partial charge in [-0.1, -0.05) is 30.3 Å². The zero-order valence-electron chi connectivity index (χ0n) is 8.68. The van der Waals surface area contributed by atoms with Crippen LogP contribution in [0.15, 0.2) is 35.7 Å². The van der Waals surface area contributed by atoms with Gasteiger partial charge in [-0.3, -0.25) is 0 Å². The number of rotatable bonds is 3. The molecule has 78 valence electrons. The molecule has 0 amide bonds. The molecule has 1 unspecified atom stereocenters. The van der Waals surface area contributed by atoms with Crippen LogP contribution in [0.1, 0.15) is 22.3 Å². The summed E-state index contributed by atoms with van der Waals surface area (Å²) in [6.45, 7) is 2.00. The van der Waals surface area contributed by atoms with E-state index in [-0.39, 0.29) is 6.04 Å². The molecule has 2 aromatic rings. The van der Waals surface area contributed by atoms with Gasteiger partial charge in [0.05, 0.1) is 16.7 Å². The van der Waals surface area contributed by atoms with Crippen LogP contribution in [0.5, 0.6) is 0 Å². The largest absolute Gasteiger partial charge is 0.322 e. The van der Waals surface area contributed by atoms with Gasteiger partial charge in [-0.2, -0.15) is 0 Å². The van der Waals surface area contributed by atoms with Crippen molar-refractivity contribution in [3.63, 3.8) is 0 Å². The topological polar surface area (TPSA) is 38.9 Å². The van der Waals surface area contributed by atoms with E-state index in [2.05, 4.69) is 17.1 Å². The maximum absolute atomic E-state index is 6.08. The van der Waals surface area contributed by atoms with Gasteiger partial charge < -0.3 is 5.73 Å². The lowest BCUT2D eigenvalue weighted by Crippen LogP contribution is -2.13. The second-order valence-electron chi connectivity index (χ2n) is 3.59. The summed E-state index contributed by atoms with van der Waals surface area (Å²) in [5.74, 6) is 0. The summed E-state index contributed by atoms with van der Waals surface area (Å²) >= 11 is 1.65. The van der Waals surface area contributed by atoms with Crippen molar-refractivity contribution in [2.75, 3.05) is 0 Å². The molecule has 3 heteroatoms. The molecular formula is C12H14N2S. The molecule has 0 aliphatic carbocycles. The minimum Gasteiger partial charge on any atom is -0.322 e. The fourth-order valence-electron chi connectivity index (χ4n) is 1.52. The number of hydrogen-bond acceptors (Lipinski definition) is 3. The summed E-state index contributed by atoms with van der Waals surface area (Å²) in [6.07, 6.45) is 0.851. The molecule has 1 aromatic carbocycles. The van der Waals surface area contributed by atoms with Gasteiger partial charge in [0.15, 0.2) is 0 Å². The summed E-state index contributed by atoms with van der Waals surface area (Å²) in [6, 6.07) is 10.3. The number of benzene rings is 1. The first-order chi connectivity index (χ1) is 7.25. The van der Waals surface area contributed by atoms with Crippen LogP contribution < -0.4 is 5.73 Å². The van der Waals surface area contributed by atoms with Crippen molar-refractivity contribution in [1.29, 1.82) is 0 Å². The fraction of sp³-hybridized carbons (Fsp3) is 0.250. The molecule has 0 fully saturated rings. The number of nitrogens with two attached hydrogens (primary N) is 1. The molecule has 0 bridgehead atoms. The predicted octanol–water partition coefficient (Wildman–Crippen LogP) is 2.69. The van der Waals surface area contributed by atoms with E-state index in [0.717, 1.165) is 17.1 Å². The fourth-order valence-corrected chi connectivity index (χ4v) is 2.20. The first-order valence-electron chi connectivity index (χ1n) is 4.97. The van der Waals surface area contributed by atoms with Crippen LogP contribution in [-0.2, 0) is 6.42 Å². The normalized spacial score (nSPS) is 12.7. The number of hydrogen-bond donors (Lipinski definition) is 1. The van der Waals surface area contributed by atoms with Crippen molar-refractivity contribution in [3.05, 3.63) is 52.0 Å². The molecule has 2 N–H and O–H groups in total. The highest BCUT2D eigenvalue weighted by Gasteiger charge is 2.09. The molecule has 0 spiro atoms. The molecule has 0 aliphatic rings. The summed E-state index contributed by atoms with van der Waals surface area (Å²) in [5, 5.41) is 3.12. The molecule has 0 aliphatic heterocycles. The second kappa shape index (κ2) is 4.55. The van der Waals surface area contributed by atoms with Crippen molar-refractivity contribution in [2.45, 2.75) is 19.4 Å². The highest BCUT2D eigenvalue weighted by atomic mass is 32.1. The smallest absolute Gasteiger partial charge is 0.0898 e. The Balaban J connectivity index is 2.07. The first-order valence-corrected chi connectivity index (χ1v) is 5.85. The highest BCUT2D eigenvalue weighted by molar-refractivity contribution is 7.09. The van der Waals surface area contributed by atoms with Crippen molar-refractivity contribution < 1.29 is 0 Å². The minimum absolute atomic E-state index is 0.0114. The lowest BCUT2D eigenvalue weighted by molar-refractivity contribution is 0.700. The van der Waals surface area contributed by atoms with Gasteiger partial charge in [0.2, 0.25) is 0 Å². The highest BCUT2D eigenvalue weighted by Crippen LogP contribution is 2.18. The monoisotopic (exact) mass is 218 g/mol. The van der Waals surface area contributed by atoms with Gasteiger partial charge in [0.1, 0.15) is 0 Å². The molecule has 0 radical (unpaired) electrons. The lowest BCUT2D eigenvalue weighted by Gasteiger charge is -2.08. The molecular weight excluding hydrogens is 204 g/mol. The molecule has 1 heterocycles. The Morgan fingerprint density at radius 1 is 1.33 bits per heavy atom. The van der Waals surface area contributed by atoms with Crippen molar-refractivity contribution in [2.24, 2.45) is 5.73 Å². The molecule has 0 saturated carbocycles. The lowest BCUT2D eigenvalue weighted by atomic mass is 10.1. The number of thiazole rings is 1. The average molecular weight is 218 g/mol. The van der Waals surface area contributed by atoms with E-state index in [1.165, 1.54) is 5.56 Å². The second-order valence-corrected chi connectivity index (χ2v) is 4.65. The van der Waals surface area contributed by atoms with E-state index in [1.807, 2.05) is 30.5 Å². The van der Waals surface area contributed by atoms with Crippen LogP contribution >= 0.6 is 11.3 Å². The maximum Gasteiger partial charge on any atom is 0.0898 e. The van der Waals surface area contributed by atoms with Crippen LogP contribution in [0.3, 0.4) is 0 Å². The van der Waals surface area contributed by atoms with Gasteiger partial charge in [0.25, 0.3) is 0 Å². The van der Waals surface area contributed by atoms with Gasteiger partial charge in [-0.15, -0.1) is 11.3 Å². The van der Waals surface area contributed by atoms with E-state index in [4.69, 9.17) is 5.73 Å². The number of aromatic nitrogens is 1. The Labute approximate surface area is 93.8 Å². The predicted molar refractivity (Wildman–Crippen MR) is 63.9 cm³/mol. The van der Waals surface area contributed by atoms with E-state index in [1.54, 1.807) is 11.3 Å². The van der Waals surface area contributed by atoms with Gasteiger partial charge in [-0.25, -0.2) is 4.98 Å². The first kappa shape index (κ1) is 10.3. The van der Waals surface area contributed by atoms with E-state index >= 15 is 0 Å². The summed E-state index contributed by atoms with van der Waals surface area (Å²) in [4.78, 5) is 4.40. The average Bonchev–Trinajstić information content (AvgIpc) is 2.66. The van der Waals surface area contributed by atoms with Crippen LogP contribution in [0.2, 0.25) is 0 Å². The van der Waals surface area contributed by atoms with Gasteiger partial charge >= 0.3 is 0 Å². The third kappa shape index (κ3) is 2.64. The van der Waals surface area contributed by atoms with Gasteiger partial charge in [-0.05, 0) is 18.9 Å². The Kier molecular flexibility index (Phi) is 3.14. The summed E-state index contributed by atoms with van der Waals surface area (Å²) in [7, 11) is 0. The minimum atomic E-state index is 0.0114. The van der Waals surface area contributed by atoms with Crippen molar-refractivity contribution in [3.8, 4) is 0 Å². The van der Waals surface area contributed by atoms with Gasteiger partial charge in [0, 0.05) is 5.38 Å². The Morgan fingerprint density at radius 2 is 2.07 bits per heavy atom. The number of nitrogens with zero attached hydrogens (tertiary/aromatic N) is 1. The van der Waals surface area contributed by atoms with E-state index < -0.39 is 0 Å². The van der Waals surface area contributed by atoms with Crippen molar-refractivity contribution >= 4 is 11.3 Å². The molecule has 2 nitrogen and oxygen atoms in total. The molecule has 0 saturated heterocycles. The molecule has 2 rings (SSSR count). The zero-order chi connectivity index (χ0) is 10.7. The molecule has 15 heavy (non-hydrogen) atoms. The van der Waals surface area contributed by atoms with Crippen LogP contribution in [0.25, 0.3) is 0 Å². The molecule has 1 atom stereocenters. The quantitative estimate of drug-likeness (QED) is 0.860. The summed E-state index contributed by atoms with van der Waals surface area (Å²) < 4.78 is 0. The van der Waals surface area contributed by atoms with E-state index in [9.17, 15) is 0 Å². The SMILES string of the molecule is Cc1nc(C(N)Cc2ccccc2)cs1. The Bertz CT molecular complexity index is 422.